The van der Waals surface area contributed by atoms with Gasteiger partial charge in [0.05, 0.1) is 25.2 Å². The van der Waals surface area contributed by atoms with E-state index in [2.05, 4.69) is 10.6 Å². The molecule has 0 aliphatic carbocycles. The Hall–Kier alpha value is -3.16. The van der Waals surface area contributed by atoms with Gasteiger partial charge in [-0.15, -0.1) is 11.8 Å². The minimum absolute atomic E-state index is 0.156. The lowest BCUT2D eigenvalue weighted by molar-refractivity contribution is -0.115. The van der Waals surface area contributed by atoms with E-state index in [1.807, 2.05) is 19.1 Å². The number of halogens is 1. The summed E-state index contributed by atoms with van der Waals surface area (Å²) in [7, 11) is 3.11. The monoisotopic (exact) mass is 470 g/mol. The van der Waals surface area contributed by atoms with E-state index in [1.165, 1.54) is 18.9 Å². The van der Waals surface area contributed by atoms with Crippen LogP contribution in [-0.4, -0.2) is 31.3 Å². The van der Waals surface area contributed by atoms with Gasteiger partial charge in [-0.1, -0.05) is 17.7 Å². The molecule has 0 aromatic heterocycles. The summed E-state index contributed by atoms with van der Waals surface area (Å²) in [5.74, 6) is 0.769. The fourth-order valence-electron chi connectivity index (χ4n) is 2.84. The molecule has 8 heteroatoms. The largest absolute Gasteiger partial charge is 0.497 e. The Balaban J connectivity index is 1.59. The molecule has 0 saturated carbocycles. The van der Waals surface area contributed by atoms with Crippen molar-refractivity contribution in [3.63, 3.8) is 0 Å². The van der Waals surface area contributed by atoms with Crippen LogP contribution in [0.4, 0.5) is 11.4 Å². The molecule has 3 aromatic carbocycles. The number of ether oxygens (including phenoxy) is 2. The number of carbonyl (C=O) groups excluding carboxylic acids is 2. The van der Waals surface area contributed by atoms with Gasteiger partial charge in [-0.25, -0.2) is 0 Å². The zero-order valence-corrected chi connectivity index (χ0v) is 19.4. The first-order valence-corrected chi connectivity index (χ1v) is 11.0. The van der Waals surface area contributed by atoms with Crippen LogP contribution in [0.15, 0.2) is 71.6 Å². The summed E-state index contributed by atoms with van der Waals surface area (Å²) in [6, 6.07) is 19.3. The van der Waals surface area contributed by atoms with Gasteiger partial charge in [0, 0.05) is 27.2 Å². The van der Waals surface area contributed by atoms with Crippen LogP contribution in [0.5, 0.6) is 11.5 Å². The van der Waals surface area contributed by atoms with Gasteiger partial charge < -0.3 is 20.1 Å². The van der Waals surface area contributed by atoms with Crippen LogP contribution in [0.3, 0.4) is 0 Å². The van der Waals surface area contributed by atoms with Crippen molar-refractivity contribution in [2.75, 3.05) is 24.9 Å². The van der Waals surface area contributed by atoms with Gasteiger partial charge in [-0.2, -0.15) is 0 Å². The lowest BCUT2D eigenvalue weighted by Gasteiger charge is -2.15. The average molecular weight is 471 g/mol. The van der Waals surface area contributed by atoms with Crippen LogP contribution in [0.25, 0.3) is 0 Å². The molecule has 32 heavy (non-hydrogen) atoms. The van der Waals surface area contributed by atoms with Gasteiger partial charge in [0.2, 0.25) is 5.91 Å². The molecule has 1 unspecified atom stereocenters. The maximum absolute atomic E-state index is 12.6. The van der Waals surface area contributed by atoms with Crippen molar-refractivity contribution in [1.82, 2.24) is 0 Å². The third kappa shape index (κ3) is 6.18. The lowest BCUT2D eigenvalue weighted by atomic mass is 10.2. The van der Waals surface area contributed by atoms with E-state index in [0.717, 1.165) is 4.90 Å². The Bertz CT molecular complexity index is 1110. The molecular formula is C24H23ClN2O4S. The molecule has 2 amide bonds. The standard InChI is InChI=1S/C24H23ClN2O4S/c1-15(23(28)27-21-12-9-19(30-2)14-22(21)31-3)32-20-10-7-18(8-11-20)26-24(29)16-5-4-6-17(25)13-16/h4-15H,1-3H3,(H,26,29)(H,27,28). The Morgan fingerprint density at radius 1 is 0.938 bits per heavy atom. The molecule has 3 rings (SSSR count). The number of methoxy groups -OCH3 is 2. The molecule has 0 radical (unpaired) electrons. The maximum atomic E-state index is 12.6. The Labute approximate surface area is 196 Å². The van der Waals surface area contributed by atoms with Crippen LogP contribution in [0, 0.1) is 0 Å². The van der Waals surface area contributed by atoms with E-state index in [1.54, 1.807) is 61.7 Å². The Kier molecular flexibility index (Phi) is 8.03. The normalized spacial score (nSPS) is 11.4. The highest BCUT2D eigenvalue weighted by atomic mass is 35.5. The highest BCUT2D eigenvalue weighted by Crippen LogP contribution is 2.31. The zero-order chi connectivity index (χ0) is 23.1. The topological polar surface area (TPSA) is 76.7 Å². The number of amides is 2. The van der Waals surface area contributed by atoms with Crippen LogP contribution in [-0.2, 0) is 4.79 Å². The van der Waals surface area contributed by atoms with Gasteiger partial charge in [-0.05, 0) is 61.5 Å². The summed E-state index contributed by atoms with van der Waals surface area (Å²) in [6.07, 6.45) is 0. The van der Waals surface area contributed by atoms with E-state index >= 15 is 0 Å². The first-order valence-electron chi connectivity index (χ1n) is 9.76. The predicted octanol–water partition coefficient (Wildman–Crippen LogP) is 5.73. The van der Waals surface area contributed by atoms with E-state index in [9.17, 15) is 9.59 Å². The molecule has 2 N–H and O–H groups in total. The van der Waals surface area contributed by atoms with Gasteiger partial charge in [-0.3, -0.25) is 9.59 Å². The third-order valence-electron chi connectivity index (χ3n) is 4.55. The minimum atomic E-state index is -0.353. The van der Waals surface area contributed by atoms with Crippen LogP contribution in [0.2, 0.25) is 5.02 Å². The molecule has 0 bridgehead atoms. The van der Waals surface area contributed by atoms with Crippen molar-refractivity contribution >= 4 is 46.6 Å². The summed E-state index contributed by atoms with van der Waals surface area (Å²) < 4.78 is 10.5. The van der Waals surface area contributed by atoms with E-state index in [0.29, 0.717) is 33.5 Å². The second kappa shape index (κ2) is 10.9. The van der Waals surface area contributed by atoms with Gasteiger partial charge in [0.25, 0.3) is 5.91 Å². The van der Waals surface area contributed by atoms with E-state index in [4.69, 9.17) is 21.1 Å². The first-order chi connectivity index (χ1) is 15.4. The summed E-state index contributed by atoms with van der Waals surface area (Å²) in [5.41, 5.74) is 1.71. The van der Waals surface area contributed by atoms with Crippen molar-refractivity contribution in [1.29, 1.82) is 0 Å². The minimum Gasteiger partial charge on any atom is -0.497 e. The number of hydrogen-bond donors (Lipinski definition) is 2. The molecule has 0 fully saturated rings. The quantitative estimate of drug-likeness (QED) is 0.411. The molecule has 0 aliphatic heterocycles. The molecule has 0 saturated heterocycles. The number of rotatable bonds is 8. The summed E-state index contributed by atoms with van der Waals surface area (Å²) >= 11 is 7.35. The highest BCUT2D eigenvalue weighted by Gasteiger charge is 2.17. The molecular weight excluding hydrogens is 448 g/mol. The Morgan fingerprint density at radius 3 is 2.34 bits per heavy atom. The number of anilines is 2. The summed E-state index contributed by atoms with van der Waals surface area (Å²) in [6.45, 7) is 1.82. The number of thioether (sulfide) groups is 1. The molecule has 1 atom stereocenters. The number of carbonyl (C=O) groups is 2. The fourth-order valence-corrected chi connectivity index (χ4v) is 3.90. The van der Waals surface area contributed by atoms with Crippen LogP contribution in [0.1, 0.15) is 17.3 Å². The first kappa shape index (κ1) is 23.5. The zero-order valence-electron chi connectivity index (χ0n) is 17.8. The van der Waals surface area contributed by atoms with E-state index in [-0.39, 0.29) is 17.1 Å². The molecule has 3 aromatic rings. The van der Waals surface area contributed by atoms with Gasteiger partial charge in [0.15, 0.2) is 0 Å². The van der Waals surface area contributed by atoms with Crippen molar-refractivity contribution in [3.05, 3.63) is 77.3 Å². The van der Waals surface area contributed by atoms with Crippen LogP contribution < -0.4 is 20.1 Å². The number of benzene rings is 3. The molecule has 6 nitrogen and oxygen atoms in total. The summed E-state index contributed by atoms with van der Waals surface area (Å²) in [4.78, 5) is 25.9. The average Bonchev–Trinajstić information content (AvgIpc) is 2.80. The summed E-state index contributed by atoms with van der Waals surface area (Å²) in [5, 5.41) is 5.87. The number of nitrogens with one attached hydrogen (secondary N) is 2. The maximum Gasteiger partial charge on any atom is 0.255 e. The number of hydrogen-bond acceptors (Lipinski definition) is 5. The smallest absolute Gasteiger partial charge is 0.255 e. The SMILES string of the molecule is COc1ccc(NC(=O)C(C)Sc2ccc(NC(=O)c3cccc(Cl)c3)cc2)c(OC)c1. The third-order valence-corrected chi connectivity index (χ3v) is 5.89. The van der Waals surface area contributed by atoms with Crippen LogP contribution >= 0.6 is 23.4 Å². The Morgan fingerprint density at radius 2 is 1.69 bits per heavy atom. The van der Waals surface area contributed by atoms with Crippen molar-refractivity contribution < 1.29 is 19.1 Å². The highest BCUT2D eigenvalue weighted by molar-refractivity contribution is 8.00. The van der Waals surface area contributed by atoms with Gasteiger partial charge >= 0.3 is 0 Å². The van der Waals surface area contributed by atoms with Crippen molar-refractivity contribution in [3.8, 4) is 11.5 Å². The molecule has 0 heterocycles. The van der Waals surface area contributed by atoms with Gasteiger partial charge in [0.1, 0.15) is 11.5 Å². The lowest BCUT2D eigenvalue weighted by Crippen LogP contribution is -2.22. The molecule has 0 aliphatic rings. The second-order valence-corrected chi connectivity index (χ2v) is 8.66. The second-order valence-electron chi connectivity index (χ2n) is 6.80. The molecule has 0 spiro atoms. The fraction of sp³-hybridized carbons (Fsp3) is 0.167. The molecule has 166 valence electrons. The van der Waals surface area contributed by atoms with Crippen molar-refractivity contribution in [2.24, 2.45) is 0 Å². The van der Waals surface area contributed by atoms with E-state index < -0.39 is 0 Å². The predicted molar refractivity (Wildman–Crippen MR) is 129 cm³/mol. The van der Waals surface area contributed by atoms with Crippen molar-refractivity contribution in [2.45, 2.75) is 17.1 Å².